The molecule has 2 amide bonds. The molecule has 3 heterocycles. The van der Waals surface area contributed by atoms with E-state index in [1.807, 2.05) is 52.7 Å². The highest BCUT2D eigenvalue weighted by Gasteiger charge is 2.30. The number of hydrogen-bond donors (Lipinski definition) is 0. The minimum absolute atomic E-state index is 0.00504. The Bertz CT molecular complexity index is 1250. The molecule has 0 N–H and O–H groups in total. The summed E-state index contributed by atoms with van der Waals surface area (Å²) >= 11 is 1.43. The summed E-state index contributed by atoms with van der Waals surface area (Å²) in [7, 11) is 3.24. The first-order valence-electron chi connectivity index (χ1n) is 13.0. The van der Waals surface area contributed by atoms with E-state index in [1.54, 1.807) is 19.1 Å². The number of ether oxygens (including phenoxy) is 2. The van der Waals surface area contributed by atoms with Crippen molar-refractivity contribution in [3.63, 3.8) is 0 Å². The normalized spacial score (nSPS) is 15.6. The summed E-state index contributed by atoms with van der Waals surface area (Å²) in [4.78, 5) is 32.8. The number of methoxy groups -OCH3 is 2. The number of nitrogens with zero attached hydrogens (tertiary/aromatic N) is 5. The van der Waals surface area contributed by atoms with Crippen molar-refractivity contribution in [1.82, 2.24) is 20.0 Å². The van der Waals surface area contributed by atoms with E-state index in [0.29, 0.717) is 54.2 Å². The van der Waals surface area contributed by atoms with Gasteiger partial charge in [-0.2, -0.15) is 0 Å². The minimum atomic E-state index is -0.0412. The molecule has 0 radical (unpaired) electrons. The van der Waals surface area contributed by atoms with Crippen LogP contribution < -0.4 is 14.4 Å². The van der Waals surface area contributed by atoms with Gasteiger partial charge in [0.1, 0.15) is 18.0 Å². The minimum Gasteiger partial charge on any atom is -0.497 e. The first kappa shape index (κ1) is 26.0. The summed E-state index contributed by atoms with van der Waals surface area (Å²) < 4.78 is 10.8. The number of carbonyl (C=O) groups excluding carboxylic acids is 2. The van der Waals surface area contributed by atoms with Crippen LogP contribution in [-0.4, -0.2) is 85.3 Å². The first-order valence-corrected chi connectivity index (χ1v) is 13.9. The summed E-state index contributed by atoms with van der Waals surface area (Å²) in [5, 5.41) is 10.8. The largest absolute Gasteiger partial charge is 0.497 e. The van der Waals surface area contributed by atoms with Crippen molar-refractivity contribution in [2.45, 2.75) is 19.3 Å². The molecule has 0 spiro atoms. The van der Waals surface area contributed by atoms with Crippen LogP contribution in [0.5, 0.6) is 11.5 Å². The van der Waals surface area contributed by atoms with Crippen molar-refractivity contribution in [3.8, 4) is 22.8 Å². The standard InChI is InChI=1S/C28H33N5O4S/c1-36-21-8-9-22(24(17-21)37-2)23-10-11-26(30-29-23)31-12-4-13-32(15-14-31)27(34)19-33(18-20-6-7-20)28(35)25-5-3-16-38-25/h3,5,8-11,16-17,20H,4,6-7,12-15,18-19H2,1-2H3. The molecule has 1 aromatic carbocycles. The van der Waals surface area contributed by atoms with E-state index >= 15 is 0 Å². The molecule has 2 aromatic heterocycles. The molecule has 9 nitrogen and oxygen atoms in total. The Morgan fingerprint density at radius 1 is 1.03 bits per heavy atom. The maximum atomic E-state index is 13.3. The highest BCUT2D eigenvalue weighted by Crippen LogP contribution is 2.33. The molecule has 2 aliphatic rings. The van der Waals surface area contributed by atoms with Gasteiger partial charge in [0.05, 0.1) is 24.8 Å². The van der Waals surface area contributed by atoms with Crippen LogP contribution in [0.3, 0.4) is 0 Å². The van der Waals surface area contributed by atoms with E-state index < -0.39 is 0 Å². The molecule has 5 rings (SSSR count). The molecule has 0 atom stereocenters. The predicted molar refractivity (Wildman–Crippen MR) is 147 cm³/mol. The van der Waals surface area contributed by atoms with Crippen LogP contribution in [0, 0.1) is 5.92 Å². The molecule has 10 heteroatoms. The van der Waals surface area contributed by atoms with E-state index in [1.165, 1.54) is 11.3 Å². The monoisotopic (exact) mass is 535 g/mol. The van der Waals surface area contributed by atoms with Crippen molar-refractivity contribution in [3.05, 3.63) is 52.7 Å². The van der Waals surface area contributed by atoms with Crippen molar-refractivity contribution in [2.24, 2.45) is 5.92 Å². The molecule has 200 valence electrons. The molecule has 0 unspecified atom stereocenters. The number of anilines is 1. The average Bonchev–Trinajstić information content (AvgIpc) is 3.67. The van der Waals surface area contributed by atoms with Gasteiger partial charge >= 0.3 is 0 Å². The smallest absolute Gasteiger partial charge is 0.264 e. The van der Waals surface area contributed by atoms with Gasteiger partial charge in [-0.1, -0.05) is 6.07 Å². The average molecular weight is 536 g/mol. The molecule has 38 heavy (non-hydrogen) atoms. The number of amides is 2. The summed E-state index contributed by atoms with van der Waals surface area (Å²) in [6.45, 7) is 3.47. The fourth-order valence-corrected chi connectivity index (χ4v) is 5.39. The Labute approximate surface area is 227 Å². The third kappa shape index (κ3) is 6.07. The van der Waals surface area contributed by atoms with Gasteiger partial charge < -0.3 is 24.2 Å². The molecule has 3 aromatic rings. The van der Waals surface area contributed by atoms with Crippen molar-refractivity contribution in [2.75, 3.05) is 58.4 Å². The number of hydrogen-bond acceptors (Lipinski definition) is 8. The maximum Gasteiger partial charge on any atom is 0.264 e. The quantitative estimate of drug-likeness (QED) is 0.412. The molecule has 1 saturated carbocycles. The van der Waals surface area contributed by atoms with Crippen LogP contribution >= 0.6 is 11.3 Å². The number of rotatable bonds is 9. The van der Waals surface area contributed by atoms with Gasteiger partial charge in [0, 0.05) is 44.4 Å². The second-order valence-electron chi connectivity index (χ2n) is 9.67. The fourth-order valence-electron chi connectivity index (χ4n) is 4.69. The highest BCUT2D eigenvalue weighted by atomic mass is 32.1. The maximum absolute atomic E-state index is 13.3. The Kier molecular flexibility index (Phi) is 8.07. The van der Waals surface area contributed by atoms with Gasteiger partial charge in [-0.05, 0) is 60.9 Å². The molecular formula is C28H33N5O4S. The lowest BCUT2D eigenvalue weighted by Crippen LogP contribution is -2.44. The zero-order valence-corrected chi connectivity index (χ0v) is 22.7. The topological polar surface area (TPSA) is 88.1 Å². The third-order valence-electron chi connectivity index (χ3n) is 7.03. The zero-order valence-electron chi connectivity index (χ0n) is 21.8. The third-order valence-corrected chi connectivity index (χ3v) is 7.89. The number of thiophene rings is 1. The van der Waals surface area contributed by atoms with E-state index in [4.69, 9.17) is 9.47 Å². The van der Waals surface area contributed by atoms with Crippen LogP contribution in [0.4, 0.5) is 5.82 Å². The Balaban J connectivity index is 1.21. The van der Waals surface area contributed by atoms with Gasteiger partial charge in [0.25, 0.3) is 5.91 Å². The second-order valence-corrected chi connectivity index (χ2v) is 10.6. The lowest BCUT2D eigenvalue weighted by Gasteiger charge is -2.27. The van der Waals surface area contributed by atoms with Crippen molar-refractivity contribution >= 4 is 29.0 Å². The molecule has 0 bridgehead atoms. The molecule has 1 aliphatic carbocycles. The summed E-state index contributed by atoms with van der Waals surface area (Å²) in [5.74, 6) is 2.64. The van der Waals surface area contributed by atoms with Crippen LogP contribution in [0.25, 0.3) is 11.3 Å². The van der Waals surface area contributed by atoms with Crippen LogP contribution in [-0.2, 0) is 4.79 Å². The van der Waals surface area contributed by atoms with Gasteiger partial charge in [-0.3, -0.25) is 9.59 Å². The van der Waals surface area contributed by atoms with Crippen molar-refractivity contribution < 1.29 is 19.1 Å². The predicted octanol–water partition coefficient (Wildman–Crippen LogP) is 3.81. The summed E-state index contributed by atoms with van der Waals surface area (Å²) in [5.41, 5.74) is 1.55. The Hall–Kier alpha value is -3.66. The van der Waals surface area contributed by atoms with Gasteiger partial charge in [-0.25, -0.2) is 0 Å². The second kappa shape index (κ2) is 11.8. The number of carbonyl (C=O) groups is 2. The molecular weight excluding hydrogens is 502 g/mol. The number of benzene rings is 1. The lowest BCUT2D eigenvalue weighted by molar-refractivity contribution is -0.131. The zero-order chi connectivity index (χ0) is 26.5. The van der Waals surface area contributed by atoms with Crippen LogP contribution in [0.15, 0.2) is 47.8 Å². The number of aromatic nitrogens is 2. The van der Waals surface area contributed by atoms with Gasteiger partial charge in [0.2, 0.25) is 5.91 Å². The van der Waals surface area contributed by atoms with Gasteiger partial charge in [0.15, 0.2) is 5.82 Å². The fraction of sp³-hybridized carbons (Fsp3) is 0.429. The summed E-state index contributed by atoms with van der Waals surface area (Å²) in [6.07, 6.45) is 3.08. The van der Waals surface area contributed by atoms with Crippen molar-refractivity contribution in [1.29, 1.82) is 0 Å². The van der Waals surface area contributed by atoms with E-state index in [0.717, 1.165) is 37.2 Å². The van der Waals surface area contributed by atoms with Crippen LogP contribution in [0.1, 0.15) is 28.9 Å². The van der Waals surface area contributed by atoms with E-state index in [9.17, 15) is 9.59 Å². The molecule has 1 aliphatic heterocycles. The SMILES string of the molecule is COc1ccc(-c2ccc(N3CCCN(C(=O)CN(CC4CC4)C(=O)c4cccs4)CC3)nn2)c(OC)c1. The highest BCUT2D eigenvalue weighted by molar-refractivity contribution is 7.12. The summed E-state index contributed by atoms with van der Waals surface area (Å²) in [6, 6.07) is 13.2. The van der Waals surface area contributed by atoms with Gasteiger partial charge in [-0.15, -0.1) is 21.5 Å². The Morgan fingerprint density at radius 2 is 1.89 bits per heavy atom. The van der Waals surface area contributed by atoms with E-state index in [2.05, 4.69) is 15.1 Å². The molecule has 1 saturated heterocycles. The van der Waals surface area contributed by atoms with Crippen LogP contribution in [0.2, 0.25) is 0 Å². The van der Waals surface area contributed by atoms with E-state index in [-0.39, 0.29) is 18.4 Å². The Morgan fingerprint density at radius 3 is 2.58 bits per heavy atom. The first-order chi connectivity index (χ1) is 18.6. The lowest BCUT2D eigenvalue weighted by atomic mass is 10.1. The molecule has 2 fully saturated rings.